The number of nitro groups is 1. The Morgan fingerprint density at radius 1 is 1.35 bits per heavy atom. The predicted molar refractivity (Wildman–Crippen MR) is 67.6 cm³/mol. The first kappa shape index (κ1) is 11.8. The third-order valence-corrected chi connectivity index (χ3v) is 4.02. The van der Waals surface area contributed by atoms with E-state index in [1.165, 1.54) is 12.1 Å². The molecule has 1 aliphatic heterocycles. The normalized spacial score (nSPS) is 17.1. The van der Waals surface area contributed by atoms with E-state index in [1.807, 2.05) is 4.90 Å². The second-order valence-corrected chi connectivity index (χ2v) is 5.53. The van der Waals surface area contributed by atoms with Gasteiger partial charge in [-0.1, -0.05) is 0 Å². The minimum absolute atomic E-state index is 0.00756. The lowest BCUT2D eigenvalue weighted by atomic mass is 10.2. The Kier molecular flexibility index (Phi) is 3.28. The molecule has 2 rings (SSSR count). The Morgan fingerprint density at radius 3 is 2.53 bits per heavy atom. The van der Waals surface area contributed by atoms with Crippen LogP contribution in [-0.4, -0.2) is 33.7 Å². The summed E-state index contributed by atoms with van der Waals surface area (Å²) >= 11 is 0. The van der Waals surface area contributed by atoms with Crippen LogP contribution < -0.4 is 10.6 Å². The van der Waals surface area contributed by atoms with Gasteiger partial charge in [0.25, 0.3) is 5.69 Å². The van der Waals surface area contributed by atoms with Crippen LogP contribution in [0.25, 0.3) is 0 Å². The van der Waals surface area contributed by atoms with Crippen molar-refractivity contribution < 1.29 is 9.13 Å². The van der Waals surface area contributed by atoms with E-state index in [0.717, 1.165) is 5.69 Å². The van der Waals surface area contributed by atoms with Crippen molar-refractivity contribution >= 4 is 27.9 Å². The molecule has 0 bridgehead atoms. The summed E-state index contributed by atoms with van der Waals surface area (Å²) in [6.07, 6.45) is 0. The molecule has 1 aliphatic rings. The van der Waals surface area contributed by atoms with Gasteiger partial charge in [-0.15, -0.1) is 0 Å². The van der Waals surface area contributed by atoms with Gasteiger partial charge >= 0.3 is 0 Å². The van der Waals surface area contributed by atoms with E-state index in [-0.39, 0.29) is 5.69 Å². The second kappa shape index (κ2) is 4.70. The number of benzene rings is 1. The van der Waals surface area contributed by atoms with Crippen LogP contribution in [-0.2, 0) is 10.8 Å². The van der Waals surface area contributed by atoms with Gasteiger partial charge in [0.2, 0.25) is 0 Å². The van der Waals surface area contributed by atoms with E-state index >= 15 is 0 Å². The second-order valence-electron chi connectivity index (χ2n) is 3.84. The summed E-state index contributed by atoms with van der Waals surface area (Å²) in [7, 11) is -0.744. The van der Waals surface area contributed by atoms with Crippen LogP contribution in [0.3, 0.4) is 0 Å². The number of nitrogens with zero attached hydrogens (tertiary/aromatic N) is 2. The average Bonchev–Trinajstić information content (AvgIpc) is 2.30. The third-order valence-electron chi connectivity index (χ3n) is 2.74. The molecule has 1 saturated heterocycles. The maximum absolute atomic E-state index is 11.2. The molecule has 0 radical (unpaired) electrons. The molecule has 92 valence electrons. The smallest absolute Gasteiger partial charge is 0.271 e. The van der Waals surface area contributed by atoms with Crippen molar-refractivity contribution in [3.8, 4) is 0 Å². The van der Waals surface area contributed by atoms with Gasteiger partial charge in [-0.05, 0) is 6.07 Å². The van der Waals surface area contributed by atoms with Gasteiger partial charge in [-0.25, -0.2) is 0 Å². The zero-order valence-electron chi connectivity index (χ0n) is 9.17. The molecule has 0 aromatic heterocycles. The van der Waals surface area contributed by atoms with Gasteiger partial charge in [-0.2, -0.15) is 0 Å². The first-order valence-corrected chi connectivity index (χ1v) is 6.70. The first-order valence-electron chi connectivity index (χ1n) is 5.22. The fourth-order valence-corrected chi connectivity index (χ4v) is 2.87. The molecule has 1 aromatic rings. The lowest BCUT2D eigenvalue weighted by Gasteiger charge is -2.29. The summed E-state index contributed by atoms with van der Waals surface area (Å²) in [6, 6.07) is 4.46. The minimum Gasteiger partial charge on any atom is -0.397 e. The molecular weight excluding hydrogens is 242 g/mol. The quantitative estimate of drug-likeness (QED) is 0.478. The molecule has 0 unspecified atom stereocenters. The molecule has 0 saturated carbocycles. The number of nitrogen functional groups attached to an aromatic ring is 1. The van der Waals surface area contributed by atoms with Gasteiger partial charge in [0.1, 0.15) is 0 Å². The first-order chi connectivity index (χ1) is 8.08. The van der Waals surface area contributed by atoms with Crippen LogP contribution in [0.4, 0.5) is 17.1 Å². The van der Waals surface area contributed by atoms with E-state index in [0.29, 0.717) is 30.3 Å². The van der Waals surface area contributed by atoms with Gasteiger partial charge in [-0.3, -0.25) is 14.3 Å². The van der Waals surface area contributed by atoms with Crippen molar-refractivity contribution in [3.05, 3.63) is 28.3 Å². The Hall–Kier alpha value is -1.63. The Morgan fingerprint density at radius 2 is 2.00 bits per heavy atom. The van der Waals surface area contributed by atoms with E-state index in [2.05, 4.69) is 0 Å². The van der Waals surface area contributed by atoms with Crippen molar-refractivity contribution in [3.63, 3.8) is 0 Å². The molecule has 1 fully saturated rings. The number of rotatable bonds is 2. The molecule has 6 nitrogen and oxygen atoms in total. The molecule has 2 N–H and O–H groups in total. The van der Waals surface area contributed by atoms with Crippen LogP contribution >= 0.6 is 0 Å². The van der Waals surface area contributed by atoms with Crippen LogP contribution in [0.1, 0.15) is 0 Å². The zero-order chi connectivity index (χ0) is 12.4. The standard InChI is InChI=1S/C10H13N3O3S/c11-9-7-8(13(14)15)1-2-10(9)12-3-5-17(16)6-4-12/h1-2,7H,3-6,11H2. The van der Waals surface area contributed by atoms with E-state index < -0.39 is 15.7 Å². The summed E-state index contributed by atoms with van der Waals surface area (Å²) in [4.78, 5) is 12.1. The van der Waals surface area contributed by atoms with Gasteiger partial charge < -0.3 is 10.6 Å². The van der Waals surface area contributed by atoms with E-state index in [4.69, 9.17) is 5.73 Å². The van der Waals surface area contributed by atoms with Gasteiger partial charge in [0, 0.05) is 47.5 Å². The van der Waals surface area contributed by atoms with Gasteiger partial charge in [0.15, 0.2) is 0 Å². The minimum atomic E-state index is -0.744. The highest BCUT2D eigenvalue weighted by molar-refractivity contribution is 7.85. The van der Waals surface area contributed by atoms with Crippen molar-refractivity contribution in [1.29, 1.82) is 0 Å². The number of nitro benzene ring substituents is 1. The SMILES string of the molecule is Nc1cc([N+](=O)[O-])ccc1N1CCS(=O)CC1. The average molecular weight is 255 g/mol. The molecule has 1 aromatic carbocycles. The highest BCUT2D eigenvalue weighted by Gasteiger charge is 2.18. The van der Waals surface area contributed by atoms with Crippen LogP contribution in [0.15, 0.2) is 18.2 Å². The molecule has 0 spiro atoms. The zero-order valence-corrected chi connectivity index (χ0v) is 9.98. The van der Waals surface area contributed by atoms with Crippen LogP contribution in [0.5, 0.6) is 0 Å². The molecule has 0 aliphatic carbocycles. The van der Waals surface area contributed by atoms with Gasteiger partial charge in [0.05, 0.1) is 16.3 Å². The highest BCUT2D eigenvalue weighted by atomic mass is 32.2. The fourth-order valence-electron chi connectivity index (χ4n) is 1.82. The lowest BCUT2D eigenvalue weighted by Crippen LogP contribution is -2.38. The Balaban J connectivity index is 2.21. The third kappa shape index (κ3) is 2.55. The summed E-state index contributed by atoms with van der Waals surface area (Å²) in [5.41, 5.74) is 6.97. The summed E-state index contributed by atoms with van der Waals surface area (Å²) in [5.74, 6) is 1.24. The van der Waals surface area contributed by atoms with Crippen LogP contribution in [0.2, 0.25) is 0 Å². The maximum atomic E-state index is 11.2. The molecule has 0 atom stereocenters. The fraction of sp³-hybridized carbons (Fsp3) is 0.400. The molecule has 7 heteroatoms. The van der Waals surface area contributed by atoms with Crippen molar-refractivity contribution in [2.24, 2.45) is 0 Å². The largest absolute Gasteiger partial charge is 0.397 e. The number of anilines is 2. The summed E-state index contributed by atoms with van der Waals surface area (Å²) in [5, 5.41) is 10.6. The number of hydrogen-bond acceptors (Lipinski definition) is 5. The highest BCUT2D eigenvalue weighted by Crippen LogP contribution is 2.28. The predicted octanol–water partition coefficient (Wildman–Crippen LogP) is 0.746. The molecule has 1 heterocycles. The number of non-ortho nitro benzene ring substituents is 1. The Bertz CT molecular complexity index is 468. The molecule has 17 heavy (non-hydrogen) atoms. The summed E-state index contributed by atoms with van der Waals surface area (Å²) in [6.45, 7) is 1.35. The molecular formula is C10H13N3O3S. The number of nitrogens with two attached hydrogens (primary N) is 1. The van der Waals surface area contributed by atoms with Crippen molar-refractivity contribution in [2.75, 3.05) is 35.2 Å². The monoisotopic (exact) mass is 255 g/mol. The van der Waals surface area contributed by atoms with Crippen molar-refractivity contribution in [2.45, 2.75) is 0 Å². The lowest BCUT2D eigenvalue weighted by molar-refractivity contribution is -0.384. The summed E-state index contributed by atoms with van der Waals surface area (Å²) < 4.78 is 11.2. The Labute approximate surface area is 101 Å². The van der Waals surface area contributed by atoms with E-state index in [9.17, 15) is 14.3 Å². The van der Waals surface area contributed by atoms with Crippen molar-refractivity contribution in [1.82, 2.24) is 0 Å². The maximum Gasteiger partial charge on any atom is 0.271 e. The van der Waals surface area contributed by atoms with E-state index in [1.54, 1.807) is 6.07 Å². The molecule has 0 amide bonds. The van der Waals surface area contributed by atoms with Crippen LogP contribution in [0, 0.1) is 10.1 Å². The topological polar surface area (TPSA) is 89.5 Å². The number of hydrogen-bond donors (Lipinski definition) is 1.